The van der Waals surface area contributed by atoms with Crippen LogP contribution in [0.3, 0.4) is 0 Å². The minimum absolute atomic E-state index is 0.323. The number of primary amides is 1. The molecule has 1 aromatic carbocycles. The third kappa shape index (κ3) is 5.31. The fourth-order valence-corrected chi connectivity index (χ4v) is 2.65. The van der Waals surface area contributed by atoms with E-state index < -0.39 is 5.60 Å². The molecule has 0 spiro atoms. The molecule has 122 valence electrons. The van der Waals surface area contributed by atoms with Crippen molar-refractivity contribution in [2.75, 3.05) is 26.2 Å². The summed E-state index contributed by atoms with van der Waals surface area (Å²) in [6.45, 7) is 7.73. The number of urea groups is 1. The molecule has 1 fully saturated rings. The molecule has 1 aliphatic heterocycles. The number of nitrogens with two attached hydrogens (primary N) is 1. The van der Waals surface area contributed by atoms with Crippen molar-refractivity contribution in [1.82, 2.24) is 9.80 Å². The molecule has 5 heteroatoms. The Balaban J connectivity index is 1.81. The average Bonchev–Trinajstić information content (AvgIpc) is 2.46. The number of rotatable bonds is 5. The number of hydrogen-bond donors (Lipinski definition) is 2. The van der Waals surface area contributed by atoms with Crippen LogP contribution in [0, 0.1) is 0 Å². The number of carbonyl (C=O) groups excluding carboxylic acids is 1. The van der Waals surface area contributed by atoms with Gasteiger partial charge in [0.15, 0.2) is 0 Å². The maximum absolute atomic E-state index is 11.1. The van der Waals surface area contributed by atoms with E-state index in [1.165, 1.54) is 11.1 Å². The highest BCUT2D eigenvalue weighted by Gasteiger charge is 2.19. The lowest BCUT2D eigenvalue weighted by Crippen LogP contribution is -2.50. The average molecular weight is 305 g/mol. The quantitative estimate of drug-likeness (QED) is 0.868. The van der Waals surface area contributed by atoms with Crippen LogP contribution in [0.1, 0.15) is 31.4 Å². The summed E-state index contributed by atoms with van der Waals surface area (Å²) in [6.07, 6.45) is 1.66. The van der Waals surface area contributed by atoms with Crippen molar-refractivity contribution in [2.45, 2.75) is 38.8 Å². The second-order valence-electron chi connectivity index (χ2n) is 6.73. The summed E-state index contributed by atoms with van der Waals surface area (Å²) < 4.78 is 0. The summed E-state index contributed by atoms with van der Waals surface area (Å²) in [4.78, 5) is 15.1. The first-order valence-electron chi connectivity index (χ1n) is 7.90. The summed E-state index contributed by atoms with van der Waals surface area (Å²) >= 11 is 0. The molecule has 0 saturated carbocycles. The zero-order valence-corrected chi connectivity index (χ0v) is 13.6. The van der Waals surface area contributed by atoms with Gasteiger partial charge in [0.05, 0.1) is 5.60 Å². The van der Waals surface area contributed by atoms with Gasteiger partial charge in [0.25, 0.3) is 0 Å². The van der Waals surface area contributed by atoms with E-state index in [2.05, 4.69) is 29.2 Å². The van der Waals surface area contributed by atoms with Gasteiger partial charge < -0.3 is 15.7 Å². The van der Waals surface area contributed by atoms with Crippen molar-refractivity contribution in [3.63, 3.8) is 0 Å². The molecule has 2 rings (SSSR count). The lowest BCUT2D eigenvalue weighted by Gasteiger charge is -2.33. The summed E-state index contributed by atoms with van der Waals surface area (Å²) in [5, 5.41) is 9.77. The molecule has 22 heavy (non-hydrogen) atoms. The van der Waals surface area contributed by atoms with Crippen LogP contribution in [0.2, 0.25) is 0 Å². The number of aryl methyl sites for hydroxylation is 1. The van der Waals surface area contributed by atoms with Crippen molar-refractivity contribution < 1.29 is 9.90 Å². The van der Waals surface area contributed by atoms with Crippen LogP contribution in [0.15, 0.2) is 24.3 Å². The number of nitrogens with zero attached hydrogens (tertiary/aromatic N) is 2. The van der Waals surface area contributed by atoms with Gasteiger partial charge in [0.1, 0.15) is 0 Å². The van der Waals surface area contributed by atoms with Gasteiger partial charge in [-0.1, -0.05) is 24.3 Å². The molecule has 0 bridgehead atoms. The molecule has 1 heterocycles. The minimum atomic E-state index is -0.612. The van der Waals surface area contributed by atoms with E-state index in [4.69, 9.17) is 5.73 Å². The molecule has 5 nitrogen and oxygen atoms in total. The van der Waals surface area contributed by atoms with E-state index in [9.17, 15) is 9.90 Å². The monoisotopic (exact) mass is 305 g/mol. The molecule has 3 N–H and O–H groups in total. The van der Waals surface area contributed by atoms with E-state index >= 15 is 0 Å². The topological polar surface area (TPSA) is 69.8 Å². The fourth-order valence-electron chi connectivity index (χ4n) is 2.65. The van der Waals surface area contributed by atoms with E-state index in [0.29, 0.717) is 13.1 Å². The first-order valence-corrected chi connectivity index (χ1v) is 7.90. The van der Waals surface area contributed by atoms with Gasteiger partial charge in [-0.25, -0.2) is 4.79 Å². The second kappa shape index (κ2) is 7.11. The second-order valence-corrected chi connectivity index (χ2v) is 6.73. The van der Waals surface area contributed by atoms with Crippen molar-refractivity contribution in [1.29, 1.82) is 0 Å². The van der Waals surface area contributed by atoms with Gasteiger partial charge in [0.2, 0.25) is 0 Å². The van der Waals surface area contributed by atoms with Crippen LogP contribution in [-0.4, -0.2) is 52.7 Å². The molecule has 2 amide bonds. The van der Waals surface area contributed by atoms with Crippen LogP contribution < -0.4 is 5.73 Å². The Kier molecular flexibility index (Phi) is 5.42. The SMILES string of the molecule is CC(C)(O)CCc1ccc(CN2CCN(C(N)=O)CC2)cc1. The smallest absolute Gasteiger partial charge is 0.314 e. The molecule has 0 radical (unpaired) electrons. The third-order valence-electron chi connectivity index (χ3n) is 4.14. The molecule has 1 aliphatic rings. The third-order valence-corrected chi connectivity index (χ3v) is 4.14. The van der Waals surface area contributed by atoms with Crippen LogP contribution in [-0.2, 0) is 13.0 Å². The Morgan fingerprint density at radius 1 is 1.14 bits per heavy atom. The highest BCUT2D eigenvalue weighted by Crippen LogP contribution is 2.15. The fraction of sp³-hybridized carbons (Fsp3) is 0.588. The van der Waals surface area contributed by atoms with Gasteiger partial charge in [-0.2, -0.15) is 0 Å². The Morgan fingerprint density at radius 3 is 2.18 bits per heavy atom. The van der Waals surface area contributed by atoms with Gasteiger partial charge >= 0.3 is 6.03 Å². The predicted molar refractivity (Wildman–Crippen MR) is 87.5 cm³/mol. The number of amides is 2. The summed E-state index contributed by atoms with van der Waals surface area (Å²) in [7, 11) is 0. The number of benzene rings is 1. The number of aliphatic hydroxyl groups is 1. The van der Waals surface area contributed by atoms with Crippen molar-refractivity contribution in [3.8, 4) is 0 Å². The van der Waals surface area contributed by atoms with E-state index in [-0.39, 0.29) is 6.03 Å². The standard InChI is InChI=1S/C17H27N3O2/c1-17(2,22)8-7-14-3-5-15(6-4-14)13-19-9-11-20(12-10-19)16(18)21/h3-6,22H,7-13H2,1-2H3,(H2,18,21). The zero-order valence-electron chi connectivity index (χ0n) is 13.6. The van der Waals surface area contributed by atoms with E-state index in [0.717, 1.165) is 32.5 Å². The Hall–Kier alpha value is -1.59. The molecule has 0 unspecified atom stereocenters. The van der Waals surface area contributed by atoms with Crippen LogP contribution in [0.4, 0.5) is 4.79 Å². The molecule has 0 aliphatic carbocycles. The van der Waals surface area contributed by atoms with Crippen LogP contribution >= 0.6 is 0 Å². The number of carbonyl (C=O) groups is 1. The van der Waals surface area contributed by atoms with Crippen molar-refractivity contribution in [2.24, 2.45) is 5.73 Å². The molecule has 0 aromatic heterocycles. The van der Waals surface area contributed by atoms with E-state index in [1.807, 2.05) is 13.8 Å². The largest absolute Gasteiger partial charge is 0.390 e. The first kappa shape index (κ1) is 16.8. The molecule has 0 atom stereocenters. The predicted octanol–water partition coefficient (Wildman–Crippen LogP) is 1.59. The van der Waals surface area contributed by atoms with Crippen LogP contribution in [0.25, 0.3) is 0 Å². The minimum Gasteiger partial charge on any atom is -0.390 e. The maximum Gasteiger partial charge on any atom is 0.314 e. The molecular weight excluding hydrogens is 278 g/mol. The van der Waals surface area contributed by atoms with Gasteiger partial charge in [0, 0.05) is 32.7 Å². The zero-order chi connectivity index (χ0) is 16.2. The van der Waals surface area contributed by atoms with Crippen molar-refractivity contribution >= 4 is 6.03 Å². The van der Waals surface area contributed by atoms with Gasteiger partial charge in [-0.15, -0.1) is 0 Å². The van der Waals surface area contributed by atoms with E-state index in [1.54, 1.807) is 4.90 Å². The Labute approximate surface area is 132 Å². The first-order chi connectivity index (χ1) is 10.3. The van der Waals surface area contributed by atoms with Crippen molar-refractivity contribution in [3.05, 3.63) is 35.4 Å². The summed E-state index contributed by atoms with van der Waals surface area (Å²) in [5.74, 6) is 0. The van der Waals surface area contributed by atoms with Gasteiger partial charge in [-0.3, -0.25) is 4.90 Å². The normalized spacial score (nSPS) is 16.8. The molecule has 1 aromatic rings. The highest BCUT2D eigenvalue weighted by atomic mass is 16.3. The lowest BCUT2D eigenvalue weighted by atomic mass is 9.98. The maximum atomic E-state index is 11.1. The number of hydrogen-bond acceptors (Lipinski definition) is 3. The summed E-state index contributed by atoms with van der Waals surface area (Å²) in [5.41, 5.74) is 7.21. The van der Waals surface area contributed by atoms with Gasteiger partial charge in [-0.05, 0) is 37.8 Å². The lowest BCUT2D eigenvalue weighted by molar-refractivity contribution is 0.0714. The highest BCUT2D eigenvalue weighted by molar-refractivity contribution is 5.72. The Morgan fingerprint density at radius 2 is 1.68 bits per heavy atom. The number of piperazine rings is 1. The Bertz CT molecular complexity index is 486. The molecule has 1 saturated heterocycles. The van der Waals surface area contributed by atoms with Crippen LogP contribution in [0.5, 0.6) is 0 Å². The summed E-state index contributed by atoms with van der Waals surface area (Å²) in [6, 6.07) is 8.26. The molecular formula is C17H27N3O2.